The molecule has 2 nitrogen and oxygen atoms in total. The average Bonchev–Trinajstić information content (AvgIpc) is 2.83. The molecule has 0 saturated heterocycles. The molecule has 0 saturated carbocycles. The molecule has 0 amide bonds. The molecular formula is C16H22O2. The largest absolute Gasteiger partial charge is 0.493 e. The van der Waals surface area contributed by atoms with E-state index in [4.69, 9.17) is 4.74 Å². The van der Waals surface area contributed by atoms with E-state index in [0.717, 1.165) is 38.0 Å². The van der Waals surface area contributed by atoms with Crippen LogP contribution in [-0.4, -0.2) is 12.4 Å². The van der Waals surface area contributed by atoms with Crippen LogP contribution in [0.15, 0.2) is 18.2 Å². The standard InChI is InChI=1S/C16H22O2/c1-3-12(2)10-15(17)6-4-13-5-7-16-14(11-13)8-9-18-16/h5,7,11-12H,3-4,6,8-10H2,1-2H3. The van der Waals surface area contributed by atoms with Crippen molar-refractivity contribution >= 4 is 5.78 Å². The van der Waals surface area contributed by atoms with E-state index in [9.17, 15) is 4.79 Å². The molecule has 2 heteroatoms. The van der Waals surface area contributed by atoms with Gasteiger partial charge in [-0.05, 0) is 29.5 Å². The number of fused-ring (bicyclic) bond motifs is 1. The van der Waals surface area contributed by atoms with E-state index in [0.29, 0.717) is 18.1 Å². The Kier molecular flexibility index (Phi) is 4.40. The zero-order valence-electron chi connectivity index (χ0n) is 11.4. The lowest BCUT2D eigenvalue weighted by molar-refractivity contribution is -0.119. The number of ether oxygens (including phenoxy) is 1. The molecule has 1 heterocycles. The topological polar surface area (TPSA) is 26.3 Å². The number of hydrogen-bond acceptors (Lipinski definition) is 2. The van der Waals surface area contributed by atoms with Gasteiger partial charge in [-0.3, -0.25) is 4.79 Å². The minimum atomic E-state index is 0.390. The maximum absolute atomic E-state index is 11.8. The second kappa shape index (κ2) is 6.03. The lowest BCUT2D eigenvalue weighted by Gasteiger charge is -2.07. The maximum atomic E-state index is 11.8. The van der Waals surface area contributed by atoms with Crippen molar-refractivity contribution in [3.63, 3.8) is 0 Å². The van der Waals surface area contributed by atoms with E-state index in [1.165, 1.54) is 11.1 Å². The molecule has 1 atom stereocenters. The van der Waals surface area contributed by atoms with Crippen LogP contribution in [0.25, 0.3) is 0 Å². The Labute approximate surface area is 109 Å². The lowest BCUT2D eigenvalue weighted by Crippen LogP contribution is -2.06. The molecule has 1 aromatic rings. The zero-order valence-corrected chi connectivity index (χ0v) is 11.4. The molecule has 98 valence electrons. The SMILES string of the molecule is CCC(C)CC(=O)CCc1ccc2c(c1)CCO2. The van der Waals surface area contributed by atoms with Gasteiger partial charge in [-0.1, -0.05) is 32.4 Å². The summed E-state index contributed by atoms with van der Waals surface area (Å²) in [5, 5.41) is 0. The van der Waals surface area contributed by atoms with Crippen molar-refractivity contribution in [2.45, 2.75) is 46.0 Å². The number of carbonyl (C=O) groups excluding carboxylic acids is 1. The zero-order chi connectivity index (χ0) is 13.0. The van der Waals surface area contributed by atoms with E-state index in [1.807, 2.05) is 6.07 Å². The summed E-state index contributed by atoms with van der Waals surface area (Å²) in [6.45, 7) is 5.08. The molecule has 1 aromatic carbocycles. The predicted molar refractivity (Wildman–Crippen MR) is 73.0 cm³/mol. The second-order valence-corrected chi connectivity index (χ2v) is 5.30. The molecule has 2 rings (SSSR count). The molecule has 0 fully saturated rings. The molecule has 0 bridgehead atoms. The summed E-state index contributed by atoms with van der Waals surface area (Å²) >= 11 is 0. The van der Waals surface area contributed by atoms with Gasteiger partial charge in [0, 0.05) is 19.3 Å². The van der Waals surface area contributed by atoms with Gasteiger partial charge < -0.3 is 4.74 Å². The monoisotopic (exact) mass is 246 g/mol. The quantitative estimate of drug-likeness (QED) is 0.767. The van der Waals surface area contributed by atoms with Gasteiger partial charge in [-0.15, -0.1) is 0 Å². The summed E-state index contributed by atoms with van der Waals surface area (Å²) < 4.78 is 5.48. The van der Waals surface area contributed by atoms with Crippen molar-refractivity contribution in [3.05, 3.63) is 29.3 Å². The number of Topliss-reactive ketones (excluding diaryl/α,β-unsaturated/α-hetero) is 1. The molecule has 1 aliphatic heterocycles. The molecule has 0 aliphatic carbocycles. The fourth-order valence-corrected chi connectivity index (χ4v) is 2.31. The highest BCUT2D eigenvalue weighted by Gasteiger charge is 2.13. The molecule has 0 aromatic heterocycles. The fourth-order valence-electron chi connectivity index (χ4n) is 2.31. The summed E-state index contributed by atoms with van der Waals surface area (Å²) in [7, 11) is 0. The highest BCUT2D eigenvalue weighted by Crippen LogP contribution is 2.26. The first-order valence-corrected chi connectivity index (χ1v) is 6.95. The Morgan fingerprint density at radius 2 is 2.28 bits per heavy atom. The number of hydrogen-bond donors (Lipinski definition) is 0. The van der Waals surface area contributed by atoms with Crippen LogP contribution < -0.4 is 4.74 Å². The number of ketones is 1. The number of rotatable bonds is 6. The molecule has 0 radical (unpaired) electrons. The Hall–Kier alpha value is -1.31. The van der Waals surface area contributed by atoms with Crippen molar-refractivity contribution in [1.82, 2.24) is 0 Å². The molecule has 1 aliphatic rings. The van der Waals surface area contributed by atoms with Crippen molar-refractivity contribution in [3.8, 4) is 5.75 Å². The second-order valence-electron chi connectivity index (χ2n) is 5.30. The van der Waals surface area contributed by atoms with E-state index >= 15 is 0 Å². The lowest BCUT2D eigenvalue weighted by atomic mass is 9.97. The van der Waals surface area contributed by atoms with Gasteiger partial charge >= 0.3 is 0 Å². The van der Waals surface area contributed by atoms with Crippen LogP contribution in [-0.2, 0) is 17.6 Å². The van der Waals surface area contributed by atoms with E-state index < -0.39 is 0 Å². The Balaban J connectivity index is 1.85. The Morgan fingerprint density at radius 1 is 1.44 bits per heavy atom. The van der Waals surface area contributed by atoms with Crippen molar-refractivity contribution < 1.29 is 9.53 Å². The summed E-state index contributed by atoms with van der Waals surface area (Å²) in [6, 6.07) is 6.32. The number of benzene rings is 1. The molecule has 18 heavy (non-hydrogen) atoms. The first kappa shape index (κ1) is 13.1. The van der Waals surface area contributed by atoms with Gasteiger partial charge in [-0.2, -0.15) is 0 Å². The van der Waals surface area contributed by atoms with Crippen LogP contribution >= 0.6 is 0 Å². The van der Waals surface area contributed by atoms with Crippen LogP contribution in [0, 0.1) is 5.92 Å². The first-order chi connectivity index (χ1) is 8.69. The van der Waals surface area contributed by atoms with Gasteiger partial charge in [0.15, 0.2) is 0 Å². The number of aryl methyl sites for hydroxylation is 1. The van der Waals surface area contributed by atoms with Crippen LogP contribution in [0.4, 0.5) is 0 Å². The van der Waals surface area contributed by atoms with Crippen molar-refractivity contribution in [1.29, 1.82) is 0 Å². The Morgan fingerprint density at radius 3 is 3.06 bits per heavy atom. The summed E-state index contributed by atoms with van der Waals surface area (Å²) in [6.07, 6.45) is 4.35. The van der Waals surface area contributed by atoms with Crippen LogP contribution in [0.1, 0.15) is 44.2 Å². The minimum absolute atomic E-state index is 0.390. The smallest absolute Gasteiger partial charge is 0.133 e. The average molecular weight is 246 g/mol. The first-order valence-electron chi connectivity index (χ1n) is 6.95. The fraction of sp³-hybridized carbons (Fsp3) is 0.562. The van der Waals surface area contributed by atoms with Gasteiger partial charge in [0.25, 0.3) is 0 Å². The van der Waals surface area contributed by atoms with Crippen LogP contribution in [0.2, 0.25) is 0 Å². The summed E-state index contributed by atoms with van der Waals surface area (Å²) in [5.41, 5.74) is 2.55. The minimum Gasteiger partial charge on any atom is -0.493 e. The number of carbonyl (C=O) groups is 1. The predicted octanol–water partition coefficient (Wildman–Crippen LogP) is 3.56. The molecule has 0 N–H and O–H groups in total. The third-order valence-corrected chi connectivity index (χ3v) is 3.72. The van der Waals surface area contributed by atoms with E-state index in [-0.39, 0.29) is 0 Å². The molecular weight excluding hydrogens is 224 g/mol. The van der Waals surface area contributed by atoms with Crippen LogP contribution in [0.5, 0.6) is 5.75 Å². The van der Waals surface area contributed by atoms with Crippen molar-refractivity contribution in [2.24, 2.45) is 5.92 Å². The third-order valence-electron chi connectivity index (χ3n) is 3.72. The maximum Gasteiger partial charge on any atom is 0.133 e. The van der Waals surface area contributed by atoms with E-state index in [1.54, 1.807) is 0 Å². The van der Waals surface area contributed by atoms with E-state index in [2.05, 4.69) is 26.0 Å². The Bertz CT molecular complexity index is 423. The molecule has 1 unspecified atom stereocenters. The summed E-state index contributed by atoms with van der Waals surface area (Å²) in [5.74, 6) is 1.93. The molecule has 0 spiro atoms. The highest BCUT2D eigenvalue weighted by molar-refractivity contribution is 5.78. The highest BCUT2D eigenvalue weighted by atomic mass is 16.5. The normalized spacial score (nSPS) is 15.0. The summed E-state index contributed by atoms with van der Waals surface area (Å²) in [4.78, 5) is 11.8. The van der Waals surface area contributed by atoms with Gasteiger partial charge in [0.05, 0.1) is 6.61 Å². The van der Waals surface area contributed by atoms with Gasteiger partial charge in [0.1, 0.15) is 11.5 Å². The van der Waals surface area contributed by atoms with Crippen LogP contribution in [0.3, 0.4) is 0 Å². The third kappa shape index (κ3) is 3.34. The van der Waals surface area contributed by atoms with Crippen molar-refractivity contribution in [2.75, 3.05) is 6.61 Å². The van der Waals surface area contributed by atoms with Gasteiger partial charge in [0.2, 0.25) is 0 Å². The van der Waals surface area contributed by atoms with Gasteiger partial charge in [-0.25, -0.2) is 0 Å².